The third-order valence-corrected chi connectivity index (χ3v) is 4.69. The molecule has 1 aromatic rings. The third kappa shape index (κ3) is 3.21. The molecule has 4 nitrogen and oxygen atoms in total. The van der Waals surface area contributed by atoms with Gasteiger partial charge in [-0.2, -0.15) is 0 Å². The number of para-hydroxylation sites is 1. The summed E-state index contributed by atoms with van der Waals surface area (Å²) in [5.74, 6) is 0.165. The molecule has 1 fully saturated rings. The van der Waals surface area contributed by atoms with E-state index < -0.39 is 0 Å². The van der Waals surface area contributed by atoms with Crippen LogP contribution in [0.5, 0.6) is 0 Å². The molecule has 4 heteroatoms. The minimum atomic E-state index is -0.119. The Kier molecular flexibility index (Phi) is 4.44. The van der Waals surface area contributed by atoms with Gasteiger partial charge in [0.05, 0.1) is 0 Å². The number of carbonyl (C=O) groups excluding carboxylic acids is 1. The zero-order valence-corrected chi connectivity index (χ0v) is 12.8. The first-order valence-electron chi connectivity index (χ1n) is 8.11. The largest absolute Gasteiger partial charge is 0.358 e. The lowest BCUT2D eigenvalue weighted by atomic mass is 10.1. The Bertz CT molecular complexity index is 497. The van der Waals surface area contributed by atoms with Gasteiger partial charge in [0.2, 0.25) is 5.91 Å². The number of fused-ring (bicyclic) bond motifs is 1. The number of hydrogen-bond acceptors (Lipinski definition) is 3. The summed E-state index contributed by atoms with van der Waals surface area (Å²) in [6.07, 6.45) is 4.76. The maximum Gasteiger partial charge on any atom is 0.242 e. The van der Waals surface area contributed by atoms with E-state index in [4.69, 9.17) is 0 Å². The molecule has 0 spiro atoms. The van der Waals surface area contributed by atoms with Crippen LogP contribution in [-0.2, 0) is 11.3 Å². The highest BCUT2D eigenvalue weighted by molar-refractivity contribution is 5.85. The van der Waals surface area contributed by atoms with Crippen molar-refractivity contribution < 1.29 is 4.79 Å². The number of carbonyl (C=O) groups is 1. The number of nitrogens with one attached hydrogen (secondary N) is 2. The average Bonchev–Trinajstić information content (AvgIpc) is 2.91. The van der Waals surface area contributed by atoms with Gasteiger partial charge < -0.3 is 15.5 Å². The third-order valence-electron chi connectivity index (χ3n) is 4.69. The van der Waals surface area contributed by atoms with E-state index in [0.29, 0.717) is 6.04 Å². The van der Waals surface area contributed by atoms with Crippen molar-refractivity contribution >= 4 is 11.6 Å². The molecule has 1 atom stereocenters. The zero-order chi connectivity index (χ0) is 14.7. The van der Waals surface area contributed by atoms with Crippen molar-refractivity contribution in [2.45, 2.75) is 51.2 Å². The summed E-state index contributed by atoms with van der Waals surface area (Å²) in [6, 6.07) is 8.66. The molecular formula is C17H25N3O. The molecule has 1 saturated carbocycles. The van der Waals surface area contributed by atoms with Crippen LogP contribution in [0.2, 0.25) is 0 Å². The van der Waals surface area contributed by atoms with Gasteiger partial charge in [-0.25, -0.2) is 0 Å². The summed E-state index contributed by atoms with van der Waals surface area (Å²) in [7, 11) is 0. The predicted molar refractivity (Wildman–Crippen MR) is 85.4 cm³/mol. The van der Waals surface area contributed by atoms with Gasteiger partial charge in [-0.15, -0.1) is 0 Å². The predicted octanol–water partition coefficient (Wildman–Crippen LogP) is 2.04. The van der Waals surface area contributed by atoms with Crippen LogP contribution in [0.3, 0.4) is 0 Å². The molecule has 1 aliphatic carbocycles. The SMILES string of the molecule is CC(C(=O)NC1CCCC1)N1CCNCc2ccccc21. The van der Waals surface area contributed by atoms with Crippen molar-refractivity contribution in [3.05, 3.63) is 29.8 Å². The van der Waals surface area contributed by atoms with Crippen molar-refractivity contribution in [1.82, 2.24) is 10.6 Å². The number of nitrogens with zero attached hydrogens (tertiary/aromatic N) is 1. The topological polar surface area (TPSA) is 44.4 Å². The first-order chi connectivity index (χ1) is 10.3. The second kappa shape index (κ2) is 6.48. The molecule has 2 aliphatic rings. The van der Waals surface area contributed by atoms with Gasteiger partial charge in [-0.3, -0.25) is 4.79 Å². The van der Waals surface area contributed by atoms with E-state index in [1.54, 1.807) is 0 Å². The molecule has 0 saturated heterocycles. The average molecular weight is 287 g/mol. The Hall–Kier alpha value is -1.55. The molecule has 3 rings (SSSR count). The van der Waals surface area contributed by atoms with Gasteiger partial charge in [0, 0.05) is 31.4 Å². The van der Waals surface area contributed by atoms with E-state index >= 15 is 0 Å². The normalized spacial score (nSPS) is 20.7. The van der Waals surface area contributed by atoms with E-state index in [1.807, 2.05) is 6.92 Å². The zero-order valence-electron chi connectivity index (χ0n) is 12.8. The monoisotopic (exact) mass is 287 g/mol. The van der Waals surface area contributed by atoms with E-state index in [-0.39, 0.29) is 11.9 Å². The van der Waals surface area contributed by atoms with Gasteiger partial charge >= 0.3 is 0 Å². The smallest absolute Gasteiger partial charge is 0.242 e. The molecule has 0 radical (unpaired) electrons. The molecular weight excluding hydrogens is 262 g/mol. The van der Waals surface area contributed by atoms with Crippen LogP contribution >= 0.6 is 0 Å². The molecule has 0 aromatic heterocycles. The Balaban J connectivity index is 1.73. The van der Waals surface area contributed by atoms with E-state index in [9.17, 15) is 4.79 Å². The van der Waals surface area contributed by atoms with Crippen LogP contribution < -0.4 is 15.5 Å². The van der Waals surface area contributed by atoms with Crippen LogP contribution in [0.1, 0.15) is 38.2 Å². The van der Waals surface area contributed by atoms with Crippen LogP contribution in [-0.4, -0.2) is 31.1 Å². The van der Waals surface area contributed by atoms with Crippen molar-refractivity contribution in [1.29, 1.82) is 0 Å². The second-order valence-electron chi connectivity index (χ2n) is 6.16. The Morgan fingerprint density at radius 1 is 1.33 bits per heavy atom. The molecule has 1 aliphatic heterocycles. The Morgan fingerprint density at radius 3 is 2.90 bits per heavy atom. The van der Waals surface area contributed by atoms with Gasteiger partial charge in [-0.1, -0.05) is 31.0 Å². The van der Waals surface area contributed by atoms with Gasteiger partial charge in [-0.05, 0) is 31.4 Å². The molecule has 21 heavy (non-hydrogen) atoms. The molecule has 2 N–H and O–H groups in total. The van der Waals surface area contributed by atoms with E-state index in [0.717, 1.165) is 32.5 Å². The first kappa shape index (κ1) is 14.4. The molecule has 1 aromatic carbocycles. The molecule has 1 heterocycles. The van der Waals surface area contributed by atoms with Crippen molar-refractivity contribution in [3.8, 4) is 0 Å². The molecule has 1 unspecified atom stereocenters. The number of hydrogen-bond donors (Lipinski definition) is 2. The fourth-order valence-corrected chi connectivity index (χ4v) is 3.42. The number of rotatable bonds is 3. The van der Waals surface area contributed by atoms with E-state index in [1.165, 1.54) is 24.1 Å². The first-order valence-corrected chi connectivity index (χ1v) is 8.11. The summed E-state index contributed by atoms with van der Waals surface area (Å²) < 4.78 is 0. The molecule has 1 amide bonds. The van der Waals surface area contributed by atoms with Crippen molar-refractivity contribution in [2.75, 3.05) is 18.0 Å². The minimum Gasteiger partial charge on any atom is -0.358 e. The standard InChI is InChI=1S/C17H25N3O/c1-13(17(21)19-15-7-3-4-8-15)20-11-10-18-12-14-6-2-5-9-16(14)20/h2,5-6,9,13,15,18H,3-4,7-8,10-12H2,1H3,(H,19,21). The summed E-state index contributed by atoms with van der Waals surface area (Å²) in [5, 5.41) is 6.65. The quantitative estimate of drug-likeness (QED) is 0.894. The van der Waals surface area contributed by atoms with Crippen LogP contribution in [0.4, 0.5) is 5.69 Å². The van der Waals surface area contributed by atoms with Crippen LogP contribution in [0, 0.1) is 0 Å². The van der Waals surface area contributed by atoms with Crippen LogP contribution in [0.15, 0.2) is 24.3 Å². The lowest BCUT2D eigenvalue weighted by Gasteiger charge is -2.31. The van der Waals surface area contributed by atoms with E-state index in [2.05, 4.69) is 39.8 Å². The minimum absolute atomic E-state index is 0.119. The summed E-state index contributed by atoms with van der Waals surface area (Å²) >= 11 is 0. The van der Waals surface area contributed by atoms with Gasteiger partial charge in [0.1, 0.15) is 6.04 Å². The maximum atomic E-state index is 12.5. The fourth-order valence-electron chi connectivity index (χ4n) is 3.42. The number of amides is 1. The summed E-state index contributed by atoms with van der Waals surface area (Å²) in [5.41, 5.74) is 2.46. The lowest BCUT2D eigenvalue weighted by Crippen LogP contribution is -2.49. The maximum absolute atomic E-state index is 12.5. The molecule has 0 bridgehead atoms. The number of anilines is 1. The highest BCUT2D eigenvalue weighted by Crippen LogP contribution is 2.24. The Labute approximate surface area is 126 Å². The van der Waals surface area contributed by atoms with Crippen LogP contribution in [0.25, 0.3) is 0 Å². The van der Waals surface area contributed by atoms with Gasteiger partial charge in [0.25, 0.3) is 0 Å². The highest BCUT2D eigenvalue weighted by atomic mass is 16.2. The Morgan fingerprint density at radius 2 is 2.10 bits per heavy atom. The summed E-state index contributed by atoms with van der Waals surface area (Å²) in [6.45, 7) is 4.68. The molecule has 114 valence electrons. The fraction of sp³-hybridized carbons (Fsp3) is 0.588. The lowest BCUT2D eigenvalue weighted by molar-refractivity contribution is -0.122. The summed E-state index contributed by atoms with van der Waals surface area (Å²) in [4.78, 5) is 14.8. The van der Waals surface area contributed by atoms with Crippen molar-refractivity contribution in [2.24, 2.45) is 0 Å². The number of benzene rings is 1. The van der Waals surface area contributed by atoms with Gasteiger partial charge in [0.15, 0.2) is 0 Å². The van der Waals surface area contributed by atoms with Crippen molar-refractivity contribution in [3.63, 3.8) is 0 Å². The second-order valence-corrected chi connectivity index (χ2v) is 6.16. The highest BCUT2D eigenvalue weighted by Gasteiger charge is 2.27.